The van der Waals surface area contributed by atoms with E-state index in [0.29, 0.717) is 10.6 Å². The molecule has 92 valence electrons. The average molecular weight is 262 g/mol. The number of thioether (sulfide) groups is 1. The molecule has 1 heterocycles. The van der Waals surface area contributed by atoms with Crippen molar-refractivity contribution >= 4 is 40.6 Å². The summed E-state index contributed by atoms with van der Waals surface area (Å²) < 4.78 is 0. The van der Waals surface area contributed by atoms with Crippen LogP contribution in [0.25, 0.3) is 6.08 Å². The maximum atomic E-state index is 11.3. The molecule has 1 saturated heterocycles. The van der Waals surface area contributed by atoms with Gasteiger partial charge < -0.3 is 5.32 Å². The summed E-state index contributed by atoms with van der Waals surface area (Å²) in [7, 11) is 0. The summed E-state index contributed by atoms with van der Waals surface area (Å²) in [6, 6.07) is 6.98. The lowest BCUT2D eigenvalue weighted by atomic mass is 10.2. The van der Waals surface area contributed by atoms with Crippen LogP contribution >= 0.6 is 11.8 Å². The van der Waals surface area contributed by atoms with Gasteiger partial charge >= 0.3 is 0 Å². The van der Waals surface area contributed by atoms with Gasteiger partial charge in [-0.25, -0.2) is 0 Å². The molecular weight excluding hydrogens is 252 g/mol. The van der Waals surface area contributed by atoms with Gasteiger partial charge in [0.25, 0.3) is 11.1 Å². The number of hydrogen-bond donors (Lipinski definition) is 2. The monoisotopic (exact) mass is 262 g/mol. The minimum Gasteiger partial charge on any atom is -0.326 e. The number of amides is 3. The summed E-state index contributed by atoms with van der Waals surface area (Å²) in [5, 5.41) is 4.47. The molecule has 18 heavy (non-hydrogen) atoms. The topological polar surface area (TPSA) is 75.3 Å². The molecule has 2 rings (SSSR count). The van der Waals surface area contributed by atoms with E-state index in [9.17, 15) is 14.4 Å². The van der Waals surface area contributed by atoms with Gasteiger partial charge in [-0.2, -0.15) is 0 Å². The predicted octanol–water partition coefficient (Wildman–Crippen LogP) is 1.97. The number of rotatable bonds is 2. The van der Waals surface area contributed by atoms with Crippen LogP contribution in [0.15, 0.2) is 29.2 Å². The summed E-state index contributed by atoms with van der Waals surface area (Å²) in [5.74, 6) is -0.520. The standard InChI is InChI=1S/C12H10N2O3S/c1-7(15)13-9-4-2-8(3-5-9)6-10-11(16)14-12(17)18-10/h2-6H,1H3,(H,13,15)(H,14,16,17)/b10-6-. The number of carbonyl (C=O) groups excluding carboxylic acids is 3. The van der Waals surface area contributed by atoms with Crippen molar-refractivity contribution in [2.45, 2.75) is 6.92 Å². The van der Waals surface area contributed by atoms with Gasteiger partial charge in [0.2, 0.25) is 5.91 Å². The number of carbonyl (C=O) groups is 3. The van der Waals surface area contributed by atoms with Crippen molar-refractivity contribution in [2.75, 3.05) is 5.32 Å². The van der Waals surface area contributed by atoms with E-state index in [1.807, 2.05) is 0 Å². The fourth-order valence-electron chi connectivity index (χ4n) is 1.44. The Hall–Kier alpha value is -2.08. The molecule has 5 nitrogen and oxygen atoms in total. The van der Waals surface area contributed by atoms with Crippen molar-refractivity contribution in [2.24, 2.45) is 0 Å². The van der Waals surface area contributed by atoms with E-state index in [1.54, 1.807) is 30.3 Å². The smallest absolute Gasteiger partial charge is 0.290 e. The van der Waals surface area contributed by atoms with Gasteiger partial charge in [0.1, 0.15) is 0 Å². The van der Waals surface area contributed by atoms with Gasteiger partial charge in [0, 0.05) is 12.6 Å². The van der Waals surface area contributed by atoms with Gasteiger partial charge in [-0.1, -0.05) is 12.1 Å². The quantitative estimate of drug-likeness (QED) is 0.799. The van der Waals surface area contributed by atoms with Crippen LogP contribution in [-0.4, -0.2) is 17.1 Å². The zero-order valence-corrected chi connectivity index (χ0v) is 10.3. The van der Waals surface area contributed by atoms with E-state index in [-0.39, 0.29) is 17.1 Å². The summed E-state index contributed by atoms with van der Waals surface area (Å²) in [6.45, 7) is 1.43. The molecule has 0 spiro atoms. The number of hydrogen-bond acceptors (Lipinski definition) is 4. The van der Waals surface area contributed by atoms with Crippen molar-refractivity contribution in [3.05, 3.63) is 34.7 Å². The number of benzene rings is 1. The largest absolute Gasteiger partial charge is 0.326 e. The molecule has 0 bridgehead atoms. The molecule has 2 N–H and O–H groups in total. The van der Waals surface area contributed by atoms with Crippen molar-refractivity contribution in [1.82, 2.24) is 5.32 Å². The maximum Gasteiger partial charge on any atom is 0.290 e. The van der Waals surface area contributed by atoms with Crippen LogP contribution in [0, 0.1) is 0 Å². The Bertz CT molecular complexity index is 549. The maximum absolute atomic E-state index is 11.3. The van der Waals surface area contributed by atoms with Gasteiger partial charge in [-0.05, 0) is 35.5 Å². The zero-order valence-electron chi connectivity index (χ0n) is 9.52. The molecule has 3 amide bonds. The summed E-state index contributed by atoms with van der Waals surface area (Å²) >= 11 is 0.875. The zero-order chi connectivity index (χ0) is 13.1. The first-order valence-electron chi connectivity index (χ1n) is 5.17. The van der Waals surface area contributed by atoms with Crippen molar-refractivity contribution in [3.63, 3.8) is 0 Å². The molecule has 0 atom stereocenters. The van der Waals surface area contributed by atoms with E-state index < -0.39 is 0 Å². The van der Waals surface area contributed by atoms with Crippen molar-refractivity contribution < 1.29 is 14.4 Å². The molecule has 0 aliphatic carbocycles. The Morgan fingerprint density at radius 2 is 1.94 bits per heavy atom. The number of anilines is 1. The van der Waals surface area contributed by atoms with Gasteiger partial charge in [-0.15, -0.1) is 0 Å². The van der Waals surface area contributed by atoms with E-state index >= 15 is 0 Å². The van der Waals surface area contributed by atoms with Crippen LogP contribution in [0.5, 0.6) is 0 Å². The van der Waals surface area contributed by atoms with Crippen LogP contribution in [0.3, 0.4) is 0 Å². The first-order chi connectivity index (χ1) is 8.54. The summed E-state index contributed by atoms with van der Waals surface area (Å²) in [4.78, 5) is 33.5. The van der Waals surface area contributed by atoms with Crippen LogP contribution in [0.2, 0.25) is 0 Å². The van der Waals surface area contributed by atoms with E-state index in [1.165, 1.54) is 6.92 Å². The molecule has 0 aromatic heterocycles. The third-order valence-electron chi connectivity index (χ3n) is 2.17. The molecule has 0 unspecified atom stereocenters. The second-order valence-corrected chi connectivity index (χ2v) is 4.67. The Balaban J connectivity index is 2.15. The average Bonchev–Trinajstić information content (AvgIpc) is 2.59. The number of nitrogens with one attached hydrogen (secondary N) is 2. The molecule has 0 radical (unpaired) electrons. The Morgan fingerprint density at radius 1 is 1.28 bits per heavy atom. The second kappa shape index (κ2) is 5.05. The highest BCUT2D eigenvalue weighted by molar-refractivity contribution is 8.18. The molecule has 0 saturated carbocycles. The summed E-state index contributed by atoms with van der Waals surface area (Å²) in [6.07, 6.45) is 1.63. The van der Waals surface area contributed by atoms with Gasteiger partial charge in [-0.3, -0.25) is 19.7 Å². The molecule has 1 aromatic rings. The van der Waals surface area contributed by atoms with Crippen molar-refractivity contribution in [3.8, 4) is 0 Å². The highest BCUT2D eigenvalue weighted by Crippen LogP contribution is 2.25. The fraction of sp³-hybridized carbons (Fsp3) is 0.0833. The highest BCUT2D eigenvalue weighted by Gasteiger charge is 2.24. The Kier molecular flexibility index (Phi) is 3.47. The Morgan fingerprint density at radius 3 is 2.44 bits per heavy atom. The fourth-order valence-corrected chi connectivity index (χ4v) is 2.12. The molecule has 1 fully saturated rings. The first-order valence-corrected chi connectivity index (χ1v) is 5.99. The van der Waals surface area contributed by atoms with Crippen LogP contribution in [0.4, 0.5) is 10.5 Å². The molecule has 1 aromatic carbocycles. The molecular formula is C12H10N2O3S. The van der Waals surface area contributed by atoms with E-state index in [2.05, 4.69) is 10.6 Å². The third kappa shape index (κ3) is 2.98. The molecule has 1 aliphatic heterocycles. The number of imide groups is 1. The SMILES string of the molecule is CC(=O)Nc1ccc(/C=C2\SC(=O)NC2=O)cc1. The molecule has 1 aliphatic rings. The minimum absolute atomic E-state index is 0.141. The lowest BCUT2D eigenvalue weighted by molar-refractivity contribution is -0.115. The van der Waals surface area contributed by atoms with Crippen LogP contribution in [-0.2, 0) is 9.59 Å². The van der Waals surface area contributed by atoms with Gasteiger partial charge in [0.15, 0.2) is 0 Å². The predicted molar refractivity (Wildman–Crippen MR) is 69.9 cm³/mol. The third-order valence-corrected chi connectivity index (χ3v) is 2.98. The lowest BCUT2D eigenvalue weighted by Crippen LogP contribution is -2.17. The summed E-state index contributed by atoms with van der Waals surface area (Å²) in [5.41, 5.74) is 1.47. The van der Waals surface area contributed by atoms with Crippen LogP contribution in [0.1, 0.15) is 12.5 Å². The first kappa shape index (κ1) is 12.4. The highest BCUT2D eigenvalue weighted by atomic mass is 32.2. The van der Waals surface area contributed by atoms with E-state index in [0.717, 1.165) is 17.3 Å². The van der Waals surface area contributed by atoms with Crippen LogP contribution < -0.4 is 10.6 Å². The second-order valence-electron chi connectivity index (χ2n) is 3.66. The molecule has 6 heteroatoms. The lowest BCUT2D eigenvalue weighted by Gasteiger charge is -2.01. The van der Waals surface area contributed by atoms with Gasteiger partial charge in [0.05, 0.1) is 4.91 Å². The Labute approximate surface area is 108 Å². The normalized spacial score (nSPS) is 16.8. The van der Waals surface area contributed by atoms with Crippen molar-refractivity contribution in [1.29, 1.82) is 0 Å². The minimum atomic E-state index is -0.379. The van der Waals surface area contributed by atoms with E-state index in [4.69, 9.17) is 0 Å².